The lowest BCUT2D eigenvalue weighted by Crippen LogP contribution is -2.20. The number of para-hydroxylation sites is 1. The molecule has 19 heavy (non-hydrogen) atoms. The predicted molar refractivity (Wildman–Crippen MR) is 77.8 cm³/mol. The molecule has 4 nitrogen and oxygen atoms in total. The number of aliphatic hydroxyl groups excluding tert-OH is 1. The molecule has 1 aromatic carbocycles. The van der Waals surface area contributed by atoms with Crippen LogP contribution in [0, 0.1) is 0 Å². The van der Waals surface area contributed by atoms with Gasteiger partial charge in [0.25, 0.3) is 0 Å². The molecule has 0 aliphatic rings. The van der Waals surface area contributed by atoms with Crippen LogP contribution < -0.4 is 5.32 Å². The highest BCUT2D eigenvalue weighted by Gasteiger charge is 2.10. The van der Waals surface area contributed by atoms with Crippen molar-refractivity contribution in [2.45, 2.75) is 19.6 Å². The molecule has 1 amide bonds. The number of aromatic nitrogens is 1. The molecular weight excluding hydrogens is 308 g/mol. The molecule has 2 aromatic rings. The van der Waals surface area contributed by atoms with Gasteiger partial charge in [0.15, 0.2) is 0 Å². The van der Waals surface area contributed by atoms with Crippen LogP contribution in [0.15, 0.2) is 47.1 Å². The van der Waals surface area contributed by atoms with Crippen LogP contribution in [0.1, 0.15) is 18.7 Å². The van der Waals surface area contributed by atoms with E-state index >= 15 is 0 Å². The Balaban J connectivity index is 2.06. The molecule has 1 atom stereocenters. The third kappa shape index (κ3) is 3.45. The highest BCUT2D eigenvalue weighted by molar-refractivity contribution is 9.10. The maximum absolute atomic E-state index is 12.0. The topological polar surface area (TPSA) is 54.3 Å². The van der Waals surface area contributed by atoms with Crippen molar-refractivity contribution in [3.8, 4) is 0 Å². The quantitative estimate of drug-likeness (QED) is 0.909. The molecule has 2 N–H and O–H groups in total. The Labute approximate surface area is 120 Å². The summed E-state index contributed by atoms with van der Waals surface area (Å²) in [6.45, 7) is 1.85. The van der Waals surface area contributed by atoms with Gasteiger partial charge in [-0.1, -0.05) is 12.1 Å². The first kappa shape index (κ1) is 13.8. The number of nitrogens with zero attached hydrogens (tertiary/aromatic N) is 1. The minimum Gasteiger partial charge on any atom is -0.387 e. The van der Waals surface area contributed by atoms with Gasteiger partial charge in [-0.2, -0.15) is 0 Å². The Hall–Kier alpha value is -1.59. The van der Waals surface area contributed by atoms with Crippen molar-refractivity contribution < 1.29 is 9.90 Å². The van der Waals surface area contributed by atoms with Crippen LogP contribution in [0.3, 0.4) is 0 Å². The van der Waals surface area contributed by atoms with Gasteiger partial charge in [-0.05, 0) is 47.1 Å². The van der Waals surface area contributed by atoms with Crippen molar-refractivity contribution in [3.05, 3.63) is 52.8 Å². The number of amides is 1. The lowest BCUT2D eigenvalue weighted by molar-refractivity contribution is -0.116. The van der Waals surface area contributed by atoms with Gasteiger partial charge < -0.3 is 15.0 Å². The molecule has 1 unspecified atom stereocenters. The third-order valence-electron chi connectivity index (χ3n) is 2.75. The second kappa shape index (κ2) is 6.04. The number of anilines is 1. The molecule has 1 heterocycles. The first-order valence-electron chi connectivity index (χ1n) is 5.95. The number of hydrogen-bond donors (Lipinski definition) is 2. The summed E-state index contributed by atoms with van der Waals surface area (Å²) in [6.07, 6.45) is 1.19. The largest absolute Gasteiger partial charge is 0.387 e. The van der Waals surface area contributed by atoms with E-state index in [2.05, 4.69) is 21.2 Å². The van der Waals surface area contributed by atoms with Crippen molar-refractivity contribution >= 4 is 27.5 Å². The lowest BCUT2D eigenvalue weighted by atomic mass is 10.3. The number of nitrogens with one attached hydrogen (secondary N) is 1. The molecule has 100 valence electrons. The number of carbonyl (C=O) groups excluding carboxylic acids is 1. The van der Waals surface area contributed by atoms with E-state index in [1.807, 2.05) is 30.3 Å². The molecular formula is C14H15BrN2O2. The van der Waals surface area contributed by atoms with Crippen LogP contribution in [0.2, 0.25) is 0 Å². The fourth-order valence-electron chi connectivity index (χ4n) is 1.86. The predicted octanol–water partition coefficient (Wildman–Crippen LogP) is 2.94. The maximum Gasteiger partial charge on any atom is 0.244 e. The Bertz CT molecular complexity index is 578. The van der Waals surface area contributed by atoms with Crippen molar-refractivity contribution in [2.24, 2.45) is 0 Å². The zero-order chi connectivity index (χ0) is 13.8. The number of aliphatic hydroxyl groups is 1. The minimum absolute atomic E-state index is 0.134. The number of benzene rings is 1. The molecule has 0 spiro atoms. The summed E-state index contributed by atoms with van der Waals surface area (Å²) >= 11 is 3.38. The third-order valence-corrected chi connectivity index (χ3v) is 3.45. The molecule has 2 rings (SSSR count). The summed E-state index contributed by atoms with van der Waals surface area (Å²) in [5, 5.41) is 12.4. The second-order valence-corrected chi connectivity index (χ2v) is 5.12. The van der Waals surface area contributed by atoms with Crippen molar-refractivity contribution in [1.29, 1.82) is 0 Å². The molecule has 0 radical (unpaired) electrons. The highest BCUT2D eigenvalue weighted by Crippen LogP contribution is 2.21. The van der Waals surface area contributed by atoms with Gasteiger partial charge in [0.05, 0.1) is 11.8 Å². The molecule has 0 bridgehead atoms. The Kier molecular flexibility index (Phi) is 4.39. The van der Waals surface area contributed by atoms with E-state index in [9.17, 15) is 9.90 Å². The number of hydrogen-bond acceptors (Lipinski definition) is 2. The van der Waals surface area contributed by atoms with Crippen LogP contribution in [0.25, 0.3) is 0 Å². The zero-order valence-electron chi connectivity index (χ0n) is 10.5. The fraction of sp³-hybridized carbons (Fsp3) is 0.214. The smallest absolute Gasteiger partial charge is 0.244 e. The standard InChI is InChI=1S/C14H15BrN2O2/c1-10(18)13-7-4-8-17(13)9-14(19)16-12-6-3-2-5-11(12)15/h2-8,10,18H,9H2,1H3,(H,16,19). The summed E-state index contributed by atoms with van der Waals surface area (Å²) in [7, 11) is 0. The molecule has 0 fully saturated rings. The molecule has 0 saturated heterocycles. The average Bonchev–Trinajstić information content (AvgIpc) is 2.80. The lowest BCUT2D eigenvalue weighted by Gasteiger charge is -2.12. The molecule has 0 saturated carbocycles. The SMILES string of the molecule is CC(O)c1cccn1CC(=O)Nc1ccccc1Br. The second-order valence-electron chi connectivity index (χ2n) is 4.26. The van der Waals surface area contributed by atoms with Gasteiger partial charge in [-0.3, -0.25) is 4.79 Å². The summed E-state index contributed by atoms with van der Waals surface area (Å²) < 4.78 is 2.57. The minimum atomic E-state index is -0.591. The van der Waals surface area contributed by atoms with Crippen molar-refractivity contribution in [1.82, 2.24) is 4.57 Å². The van der Waals surface area contributed by atoms with Gasteiger partial charge in [-0.25, -0.2) is 0 Å². The monoisotopic (exact) mass is 322 g/mol. The van der Waals surface area contributed by atoms with E-state index < -0.39 is 6.10 Å². The van der Waals surface area contributed by atoms with E-state index in [-0.39, 0.29) is 12.5 Å². The maximum atomic E-state index is 12.0. The molecule has 1 aromatic heterocycles. The Morgan fingerprint density at radius 3 is 2.79 bits per heavy atom. The fourth-order valence-corrected chi connectivity index (χ4v) is 2.24. The molecule has 5 heteroatoms. The van der Waals surface area contributed by atoms with Gasteiger partial charge in [0.1, 0.15) is 6.54 Å². The summed E-state index contributed by atoms with van der Waals surface area (Å²) in [5.74, 6) is -0.134. The first-order valence-corrected chi connectivity index (χ1v) is 6.74. The van der Waals surface area contributed by atoms with E-state index in [1.54, 1.807) is 23.8 Å². The van der Waals surface area contributed by atoms with Crippen LogP contribution in [0.4, 0.5) is 5.69 Å². The van der Waals surface area contributed by atoms with Gasteiger partial charge in [-0.15, -0.1) is 0 Å². The van der Waals surface area contributed by atoms with Gasteiger partial charge in [0.2, 0.25) is 5.91 Å². The van der Waals surface area contributed by atoms with E-state index in [1.165, 1.54) is 0 Å². The van der Waals surface area contributed by atoms with E-state index in [0.717, 1.165) is 15.9 Å². The number of carbonyl (C=O) groups is 1. The zero-order valence-corrected chi connectivity index (χ0v) is 12.1. The molecule has 0 aliphatic carbocycles. The van der Waals surface area contributed by atoms with Gasteiger partial charge in [0, 0.05) is 16.4 Å². The number of rotatable bonds is 4. The van der Waals surface area contributed by atoms with E-state index in [4.69, 9.17) is 0 Å². The van der Waals surface area contributed by atoms with Crippen molar-refractivity contribution in [3.63, 3.8) is 0 Å². The van der Waals surface area contributed by atoms with Gasteiger partial charge >= 0.3 is 0 Å². The Morgan fingerprint density at radius 2 is 2.11 bits per heavy atom. The Morgan fingerprint density at radius 1 is 1.37 bits per heavy atom. The highest BCUT2D eigenvalue weighted by atomic mass is 79.9. The normalized spacial score (nSPS) is 12.2. The van der Waals surface area contributed by atoms with E-state index in [0.29, 0.717) is 0 Å². The van der Waals surface area contributed by atoms with Crippen molar-refractivity contribution in [2.75, 3.05) is 5.32 Å². The average molecular weight is 323 g/mol. The van der Waals surface area contributed by atoms with Crippen LogP contribution >= 0.6 is 15.9 Å². The van der Waals surface area contributed by atoms with Crippen LogP contribution in [0.5, 0.6) is 0 Å². The summed E-state index contributed by atoms with van der Waals surface area (Å²) in [4.78, 5) is 12.0. The van der Waals surface area contributed by atoms with Crippen LogP contribution in [-0.4, -0.2) is 15.6 Å². The summed E-state index contributed by atoms with van der Waals surface area (Å²) in [5.41, 5.74) is 1.46. The first-order chi connectivity index (χ1) is 9.08. The van der Waals surface area contributed by atoms with Crippen LogP contribution in [-0.2, 0) is 11.3 Å². The molecule has 0 aliphatic heterocycles. The summed E-state index contributed by atoms with van der Waals surface area (Å²) in [6, 6.07) is 11.1. The number of halogens is 1.